The molecule has 0 aliphatic rings. The molecule has 0 aliphatic carbocycles. The zero-order valence-electron chi connectivity index (χ0n) is 10.7. The van der Waals surface area contributed by atoms with Crippen molar-refractivity contribution in [2.24, 2.45) is 0 Å². The van der Waals surface area contributed by atoms with Gasteiger partial charge in [0.15, 0.2) is 0 Å². The van der Waals surface area contributed by atoms with Crippen molar-refractivity contribution in [1.29, 1.82) is 5.26 Å². The fraction of sp³-hybridized carbons (Fsp3) is 0.143. The fourth-order valence-corrected chi connectivity index (χ4v) is 2.25. The Balaban J connectivity index is 2.18. The minimum atomic E-state index is 0.515. The van der Waals surface area contributed by atoms with Crippen LogP contribution in [0.25, 0.3) is 5.57 Å². The molecule has 0 fully saturated rings. The van der Waals surface area contributed by atoms with Crippen molar-refractivity contribution in [3.05, 3.63) is 46.5 Å². The van der Waals surface area contributed by atoms with E-state index in [4.69, 9.17) is 10.00 Å². The van der Waals surface area contributed by atoms with Gasteiger partial charge in [-0.3, -0.25) is 0 Å². The maximum Gasteiger partial charge on any atom is 0.135 e. The number of nitrogens with one attached hydrogen (secondary N) is 1. The third-order valence-electron chi connectivity index (χ3n) is 2.42. The van der Waals surface area contributed by atoms with Gasteiger partial charge in [0.1, 0.15) is 22.4 Å². The van der Waals surface area contributed by atoms with Gasteiger partial charge in [0.05, 0.1) is 7.11 Å². The number of aromatic nitrogens is 1. The van der Waals surface area contributed by atoms with Gasteiger partial charge in [-0.1, -0.05) is 6.07 Å². The van der Waals surface area contributed by atoms with Crippen LogP contribution in [0, 0.1) is 18.3 Å². The number of aryl methyl sites for hydroxylation is 1. The summed E-state index contributed by atoms with van der Waals surface area (Å²) in [5.74, 6) is 0.766. The summed E-state index contributed by atoms with van der Waals surface area (Å²) in [7, 11) is 1.62. The quantitative estimate of drug-likeness (QED) is 0.865. The number of nitrogens with zero attached hydrogens (tertiary/aromatic N) is 2. The van der Waals surface area contributed by atoms with E-state index >= 15 is 0 Å². The molecule has 2 aromatic rings. The van der Waals surface area contributed by atoms with Crippen LogP contribution in [0.3, 0.4) is 0 Å². The summed E-state index contributed by atoms with van der Waals surface area (Å²) in [6, 6.07) is 9.66. The van der Waals surface area contributed by atoms with Crippen molar-refractivity contribution in [3.63, 3.8) is 0 Å². The van der Waals surface area contributed by atoms with Gasteiger partial charge >= 0.3 is 0 Å². The molecule has 0 unspecified atom stereocenters. The molecule has 0 atom stereocenters. The van der Waals surface area contributed by atoms with Gasteiger partial charge in [-0.25, -0.2) is 4.98 Å². The van der Waals surface area contributed by atoms with Crippen LogP contribution in [-0.2, 0) is 0 Å². The molecule has 0 aliphatic heterocycles. The van der Waals surface area contributed by atoms with Gasteiger partial charge < -0.3 is 10.1 Å². The number of benzene rings is 1. The topological polar surface area (TPSA) is 57.9 Å². The lowest BCUT2D eigenvalue weighted by molar-refractivity contribution is 0.415. The molecule has 0 radical (unpaired) electrons. The Kier molecular flexibility index (Phi) is 4.16. The molecule has 1 N–H and O–H groups in total. The SMILES string of the molecule is COc1cccc(N/C=C(\C#N)c2nc(C)cs2)c1. The van der Waals surface area contributed by atoms with Gasteiger partial charge in [-0.15, -0.1) is 11.3 Å². The van der Waals surface area contributed by atoms with E-state index < -0.39 is 0 Å². The first-order chi connectivity index (χ1) is 9.22. The Labute approximate surface area is 116 Å². The van der Waals surface area contributed by atoms with Gasteiger partial charge in [-0.2, -0.15) is 5.26 Å². The number of hydrogen-bond donors (Lipinski definition) is 1. The van der Waals surface area contributed by atoms with Crippen molar-refractivity contribution in [2.75, 3.05) is 12.4 Å². The van der Waals surface area contributed by atoms with Gasteiger partial charge in [-0.05, 0) is 19.1 Å². The number of nitriles is 1. The largest absolute Gasteiger partial charge is 0.497 e. The van der Waals surface area contributed by atoms with Crippen LogP contribution in [-0.4, -0.2) is 12.1 Å². The monoisotopic (exact) mass is 271 g/mol. The summed E-state index contributed by atoms with van der Waals surface area (Å²) in [5, 5.41) is 14.9. The molecule has 0 saturated heterocycles. The molecule has 0 spiro atoms. The predicted molar refractivity (Wildman–Crippen MR) is 77.1 cm³/mol. The van der Waals surface area contributed by atoms with Crippen molar-refractivity contribution in [1.82, 2.24) is 4.98 Å². The third-order valence-corrected chi connectivity index (χ3v) is 3.42. The summed E-state index contributed by atoms with van der Waals surface area (Å²) < 4.78 is 5.14. The Bertz CT molecular complexity index is 640. The Morgan fingerprint density at radius 2 is 2.37 bits per heavy atom. The molecule has 0 amide bonds. The minimum Gasteiger partial charge on any atom is -0.497 e. The second kappa shape index (κ2) is 6.03. The summed E-state index contributed by atoms with van der Waals surface area (Å²) >= 11 is 1.46. The summed E-state index contributed by atoms with van der Waals surface area (Å²) in [5.41, 5.74) is 2.30. The van der Waals surface area contributed by atoms with E-state index in [2.05, 4.69) is 16.4 Å². The van der Waals surface area contributed by atoms with Gasteiger partial charge in [0, 0.05) is 29.0 Å². The maximum atomic E-state index is 9.15. The van der Waals surface area contributed by atoms with Crippen LogP contribution in [0.1, 0.15) is 10.7 Å². The molecule has 96 valence electrons. The van der Waals surface area contributed by atoms with Crippen LogP contribution >= 0.6 is 11.3 Å². The van der Waals surface area contributed by atoms with Gasteiger partial charge in [0.25, 0.3) is 0 Å². The second-order valence-corrected chi connectivity index (χ2v) is 4.70. The van der Waals surface area contributed by atoms with Crippen LogP contribution in [0.15, 0.2) is 35.8 Å². The Hall–Kier alpha value is -2.32. The zero-order chi connectivity index (χ0) is 13.7. The molecule has 0 saturated carbocycles. The maximum absolute atomic E-state index is 9.15. The van der Waals surface area contributed by atoms with Crippen LogP contribution < -0.4 is 10.1 Å². The highest BCUT2D eigenvalue weighted by molar-refractivity contribution is 7.10. The van der Waals surface area contributed by atoms with Crippen molar-refractivity contribution in [2.45, 2.75) is 6.92 Å². The molecule has 1 heterocycles. The first-order valence-electron chi connectivity index (χ1n) is 5.66. The molecule has 1 aromatic heterocycles. The number of anilines is 1. The molecular formula is C14H13N3OS. The Morgan fingerprint density at radius 3 is 3.00 bits per heavy atom. The predicted octanol–water partition coefficient (Wildman–Crippen LogP) is 3.44. The lowest BCUT2D eigenvalue weighted by Crippen LogP contribution is -1.92. The van der Waals surface area contributed by atoms with E-state index in [0.29, 0.717) is 5.57 Å². The first-order valence-corrected chi connectivity index (χ1v) is 6.54. The molecule has 0 bridgehead atoms. The van der Waals surface area contributed by atoms with Crippen LogP contribution in [0.2, 0.25) is 0 Å². The number of allylic oxidation sites excluding steroid dienone is 1. The van der Waals surface area contributed by atoms with E-state index in [1.54, 1.807) is 13.3 Å². The van der Waals surface area contributed by atoms with E-state index in [1.807, 2.05) is 36.6 Å². The number of methoxy groups -OCH3 is 1. The molecule has 1 aromatic carbocycles. The number of ether oxygens (including phenoxy) is 1. The second-order valence-electron chi connectivity index (χ2n) is 3.84. The Morgan fingerprint density at radius 1 is 1.53 bits per heavy atom. The fourth-order valence-electron chi connectivity index (χ4n) is 1.49. The number of hydrogen-bond acceptors (Lipinski definition) is 5. The lowest BCUT2D eigenvalue weighted by atomic mass is 10.3. The van der Waals surface area contributed by atoms with Gasteiger partial charge in [0.2, 0.25) is 0 Å². The van der Waals surface area contributed by atoms with Crippen molar-refractivity contribution in [3.8, 4) is 11.8 Å². The third kappa shape index (κ3) is 3.33. The van der Waals surface area contributed by atoms with E-state index in [-0.39, 0.29) is 0 Å². The van der Waals surface area contributed by atoms with Crippen LogP contribution in [0.4, 0.5) is 5.69 Å². The van der Waals surface area contributed by atoms with Crippen LogP contribution in [0.5, 0.6) is 5.75 Å². The molecule has 19 heavy (non-hydrogen) atoms. The number of thiazole rings is 1. The van der Waals surface area contributed by atoms with E-state index in [1.165, 1.54) is 11.3 Å². The first kappa shape index (κ1) is 13.1. The average molecular weight is 271 g/mol. The summed E-state index contributed by atoms with van der Waals surface area (Å²) in [6.45, 7) is 1.91. The normalized spacial score (nSPS) is 10.9. The van der Waals surface area contributed by atoms with Crippen molar-refractivity contribution < 1.29 is 4.74 Å². The minimum absolute atomic E-state index is 0.515. The number of rotatable bonds is 4. The van der Waals surface area contributed by atoms with Crippen molar-refractivity contribution >= 4 is 22.6 Å². The smallest absolute Gasteiger partial charge is 0.135 e. The highest BCUT2D eigenvalue weighted by Gasteiger charge is 2.05. The molecule has 5 heteroatoms. The van der Waals surface area contributed by atoms with E-state index in [9.17, 15) is 0 Å². The lowest BCUT2D eigenvalue weighted by Gasteiger charge is -2.04. The summed E-state index contributed by atoms with van der Waals surface area (Å²) in [6.07, 6.45) is 1.66. The molecule has 4 nitrogen and oxygen atoms in total. The standard InChI is InChI=1S/C14H13N3OS/c1-10-9-19-14(17-10)11(7-15)8-16-12-4-3-5-13(6-12)18-2/h3-6,8-9,16H,1-2H3/b11-8+. The zero-order valence-corrected chi connectivity index (χ0v) is 11.5. The highest BCUT2D eigenvalue weighted by atomic mass is 32.1. The molecule has 2 rings (SSSR count). The molecular weight excluding hydrogens is 258 g/mol. The highest BCUT2D eigenvalue weighted by Crippen LogP contribution is 2.20. The average Bonchev–Trinajstić information content (AvgIpc) is 2.86. The van der Waals surface area contributed by atoms with E-state index in [0.717, 1.165) is 22.1 Å². The summed E-state index contributed by atoms with van der Waals surface area (Å²) in [4.78, 5) is 4.29.